The lowest BCUT2D eigenvalue weighted by atomic mass is 10.1. The maximum Gasteiger partial charge on any atom is 0.255 e. The van der Waals surface area contributed by atoms with E-state index in [1.807, 2.05) is 17.6 Å². The molecule has 0 bridgehead atoms. The summed E-state index contributed by atoms with van der Waals surface area (Å²) in [6.07, 6.45) is 5.39. The van der Waals surface area contributed by atoms with Crippen LogP contribution in [0.15, 0.2) is 61.2 Å². The summed E-state index contributed by atoms with van der Waals surface area (Å²) >= 11 is 0. The van der Waals surface area contributed by atoms with Gasteiger partial charge >= 0.3 is 0 Å². The third-order valence-electron chi connectivity index (χ3n) is 4.30. The summed E-state index contributed by atoms with van der Waals surface area (Å²) < 4.78 is 1.82. The van der Waals surface area contributed by atoms with E-state index in [0.29, 0.717) is 29.2 Å². The van der Waals surface area contributed by atoms with Gasteiger partial charge < -0.3 is 20.5 Å². The molecule has 0 spiro atoms. The zero-order valence-electron chi connectivity index (χ0n) is 16.8. The van der Waals surface area contributed by atoms with E-state index < -0.39 is 0 Å². The summed E-state index contributed by atoms with van der Waals surface area (Å²) in [5, 5.41) is 8.32. The molecule has 0 saturated carbocycles. The van der Waals surface area contributed by atoms with Crippen molar-refractivity contribution in [1.82, 2.24) is 9.55 Å². The molecule has 0 aliphatic carbocycles. The van der Waals surface area contributed by atoms with Crippen LogP contribution in [-0.4, -0.2) is 27.3 Å². The van der Waals surface area contributed by atoms with Crippen molar-refractivity contribution < 1.29 is 14.4 Å². The molecule has 0 aliphatic rings. The lowest BCUT2D eigenvalue weighted by Gasteiger charge is -2.13. The van der Waals surface area contributed by atoms with Gasteiger partial charge in [-0.15, -0.1) is 0 Å². The zero-order valence-corrected chi connectivity index (χ0v) is 16.8. The highest BCUT2D eigenvalue weighted by atomic mass is 16.2. The van der Waals surface area contributed by atoms with Crippen LogP contribution < -0.4 is 16.0 Å². The van der Waals surface area contributed by atoms with Crippen molar-refractivity contribution in [2.75, 3.05) is 16.0 Å². The Hall–Kier alpha value is -3.94. The Morgan fingerprint density at radius 2 is 1.83 bits per heavy atom. The number of benzene rings is 2. The van der Waals surface area contributed by atoms with E-state index in [1.54, 1.807) is 55.1 Å². The van der Waals surface area contributed by atoms with Gasteiger partial charge in [-0.3, -0.25) is 14.4 Å². The number of hydrogen-bond donors (Lipinski definition) is 3. The summed E-state index contributed by atoms with van der Waals surface area (Å²) in [5.41, 5.74) is 2.89. The molecule has 0 saturated heterocycles. The second-order valence-corrected chi connectivity index (χ2v) is 6.86. The second kappa shape index (κ2) is 9.51. The predicted molar refractivity (Wildman–Crippen MR) is 115 cm³/mol. The van der Waals surface area contributed by atoms with Gasteiger partial charge in [0.2, 0.25) is 11.8 Å². The molecule has 1 heterocycles. The van der Waals surface area contributed by atoms with Crippen molar-refractivity contribution in [3.63, 3.8) is 0 Å². The van der Waals surface area contributed by atoms with Crippen LogP contribution in [0.25, 0.3) is 0 Å². The smallest absolute Gasteiger partial charge is 0.255 e. The lowest BCUT2D eigenvalue weighted by Crippen LogP contribution is -2.17. The number of carbonyl (C=O) groups is 3. The molecule has 3 amide bonds. The first kappa shape index (κ1) is 20.8. The van der Waals surface area contributed by atoms with Gasteiger partial charge in [-0.2, -0.15) is 0 Å². The Kier molecular flexibility index (Phi) is 6.59. The van der Waals surface area contributed by atoms with E-state index in [4.69, 9.17) is 0 Å². The van der Waals surface area contributed by atoms with E-state index in [2.05, 4.69) is 20.9 Å². The fraction of sp³-hybridized carbons (Fsp3) is 0.182. The highest BCUT2D eigenvalue weighted by Gasteiger charge is 2.12. The minimum Gasteiger partial charge on any atom is -0.337 e. The number of aryl methyl sites for hydroxylation is 2. The third-order valence-corrected chi connectivity index (χ3v) is 4.30. The van der Waals surface area contributed by atoms with Crippen LogP contribution in [0.2, 0.25) is 0 Å². The van der Waals surface area contributed by atoms with Gasteiger partial charge in [0.15, 0.2) is 0 Å². The Balaban J connectivity index is 1.67. The molecule has 0 atom stereocenters. The third kappa shape index (κ3) is 5.78. The van der Waals surface area contributed by atoms with Crippen molar-refractivity contribution in [1.29, 1.82) is 0 Å². The van der Waals surface area contributed by atoms with Gasteiger partial charge in [0.25, 0.3) is 5.91 Å². The van der Waals surface area contributed by atoms with Crippen LogP contribution in [0.5, 0.6) is 0 Å². The number of rotatable bonds is 7. The first-order valence-electron chi connectivity index (χ1n) is 9.46. The summed E-state index contributed by atoms with van der Waals surface area (Å²) in [6, 6.07) is 12.1. The number of anilines is 3. The van der Waals surface area contributed by atoms with Crippen LogP contribution in [-0.2, 0) is 16.1 Å². The second-order valence-electron chi connectivity index (χ2n) is 6.86. The molecule has 3 N–H and O–H groups in total. The number of nitrogens with zero attached hydrogens (tertiary/aromatic N) is 2. The first-order valence-corrected chi connectivity index (χ1v) is 9.46. The number of carbonyl (C=O) groups excluding carboxylic acids is 3. The van der Waals surface area contributed by atoms with E-state index in [-0.39, 0.29) is 24.1 Å². The largest absolute Gasteiger partial charge is 0.337 e. The number of aromatic nitrogens is 2. The fourth-order valence-corrected chi connectivity index (χ4v) is 2.87. The van der Waals surface area contributed by atoms with Gasteiger partial charge in [0.1, 0.15) is 0 Å². The monoisotopic (exact) mass is 405 g/mol. The van der Waals surface area contributed by atoms with E-state index >= 15 is 0 Å². The van der Waals surface area contributed by atoms with Crippen LogP contribution in [0.3, 0.4) is 0 Å². The van der Waals surface area contributed by atoms with Gasteiger partial charge in [-0.05, 0) is 42.8 Å². The Bertz CT molecular complexity index is 1060. The summed E-state index contributed by atoms with van der Waals surface area (Å²) in [6.45, 7) is 3.82. The minimum absolute atomic E-state index is 0.159. The van der Waals surface area contributed by atoms with Crippen LogP contribution in [0, 0.1) is 6.92 Å². The number of hydrogen-bond acceptors (Lipinski definition) is 4. The van der Waals surface area contributed by atoms with Gasteiger partial charge in [0, 0.05) is 43.5 Å². The molecular formula is C22H23N5O3. The fourth-order valence-electron chi connectivity index (χ4n) is 2.87. The molecule has 2 aromatic carbocycles. The van der Waals surface area contributed by atoms with Crippen LogP contribution in [0.1, 0.15) is 29.3 Å². The van der Waals surface area contributed by atoms with E-state index in [1.165, 1.54) is 6.92 Å². The van der Waals surface area contributed by atoms with Gasteiger partial charge in [-0.25, -0.2) is 4.98 Å². The molecule has 154 valence electrons. The lowest BCUT2D eigenvalue weighted by molar-refractivity contribution is -0.116. The van der Waals surface area contributed by atoms with Gasteiger partial charge in [-0.1, -0.05) is 12.1 Å². The molecule has 0 radical (unpaired) electrons. The van der Waals surface area contributed by atoms with Gasteiger partial charge in [0.05, 0.1) is 17.7 Å². The molecular weight excluding hydrogens is 382 g/mol. The molecule has 0 fully saturated rings. The minimum atomic E-state index is -0.346. The van der Waals surface area contributed by atoms with E-state index in [9.17, 15) is 14.4 Å². The molecule has 8 heteroatoms. The van der Waals surface area contributed by atoms with Crippen LogP contribution >= 0.6 is 0 Å². The summed E-state index contributed by atoms with van der Waals surface area (Å²) in [7, 11) is 0. The number of amides is 3. The van der Waals surface area contributed by atoms with Crippen molar-refractivity contribution in [3.05, 3.63) is 72.3 Å². The predicted octanol–water partition coefficient (Wildman–Crippen LogP) is 3.43. The maximum absolute atomic E-state index is 12.7. The Morgan fingerprint density at radius 1 is 1.00 bits per heavy atom. The summed E-state index contributed by atoms with van der Waals surface area (Å²) in [5.74, 6) is -0.732. The van der Waals surface area contributed by atoms with E-state index in [0.717, 1.165) is 5.56 Å². The Labute approximate surface area is 174 Å². The molecule has 3 rings (SSSR count). The van der Waals surface area contributed by atoms with Crippen molar-refractivity contribution in [2.45, 2.75) is 26.8 Å². The SMILES string of the molecule is CC(=O)Nc1ccc(C)cc1NC(=O)c1cccc(NC(=O)CCn2ccnc2)c1. The number of imidazole rings is 1. The molecule has 0 unspecified atom stereocenters. The standard InChI is InChI=1S/C22H23N5O3/c1-15-6-7-19(24-16(2)28)20(12-15)26-22(30)17-4-3-5-18(13-17)25-21(29)8-10-27-11-9-23-14-27/h3-7,9,11-14H,8,10H2,1-2H3,(H,24,28)(H,25,29)(H,26,30). The average molecular weight is 405 g/mol. The average Bonchev–Trinajstić information content (AvgIpc) is 3.22. The van der Waals surface area contributed by atoms with Crippen molar-refractivity contribution in [3.8, 4) is 0 Å². The van der Waals surface area contributed by atoms with Crippen LogP contribution in [0.4, 0.5) is 17.1 Å². The quantitative estimate of drug-likeness (QED) is 0.560. The number of nitrogens with one attached hydrogen (secondary N) is 3. The molecule has 3 aromatic rings. The zero-order chi connectivity index (χ0) is 21.5. The maximum atomic E-state index is 12.7. The van der Waals surface area contributed by atoms with Crippen molar-refractivity contribution >= 4 is 34.8 Å². The first-order chi connectivity index (χ1) is 14.4. The molecule has 1 aromatic heterocycles. The highest BCUT2D eigenvalue weighted by Crippen LogP contribution is 2.24. The normalized spacial score (nSPS) is 10.3. The van der Waals surface area contributed by atoms with Crippen molar-refractivity contribution in [2.24, 2.45) is 0 Å². The molecule has 8 nitrogen and oxygen atoms in total. The summed E-state index contributed by atoms with van der Waals surface area (Å²) in [4.78, 5) is 40.3. The molecule has 0 aliphatic heterocycles. The molecule has 30 heavy (non-hydrogen) atoms. The topological polar surface area (TPSA) is 105 Å². The highest BCUT2D eigenvalue weighted by molar-refractivity contribution is 6.08. The Morgan fingerprint density at radius 3 is 2.57 bits per heavy atom.